The summed E-state index contributed by atoms with van der Waals surface area (Å²) in [4.78, 5) is 13.0. The van der Waals surface area contributed by atoms with Crippen LogP contribution in [0.2, 0.25) is 5.02 Å². The van der Waals surface area contributed by atoms with Gasteiger partial charge in [0.2, 0.25) is 0 Å². The van der Waals surface area contributed by atoms with Crippen molar-refractivity contribution in [2.24, 2.45) is 0 Å². The van der Waals surface area contributed by atoms with Gasteiger partial charge in [0.25, 0.3) is 5.91 Å². The van der Waals surface area contributed by atoms with E-state index in [1.807, 2.05) is 24.3 Å². The minimum absolute atomic E-state index is 0.00552. The number of thiophene rings is 1. The molecule has 1 amide bonds. The molecular weight excluding hydrogens is 280 g/mol. The van der Waals surface area contributed by atoms with Gasteiger partial charge in [-0.3, -0.25) is 4.79 Å². The number of hydrogen-bond donors (Lipinski definition) is 2. The fraction of sp³-hybridized carbons (Fsp3) is 0.357. The first kappa shape index (κ1) is 12.9. The lowest BCUT2D eigenvalue weighted by Crippen LogP contribution is -2.45. The number of rotatable bonds is 2. The van der Waals surface area contributed by atoms with Gasteiger partial charge in [-0.1, -0.05) is 23.7 Å². The molecule has 0 radical (unpaired) electrons. The second-order valence-corrected chi connectivity index (χ2v) is 6.24. The first-order chi connectivity index (χ1) is 9.24. The molecular formula is C14H15ClN2OS. The van der Waals surface area contributed by atoms with Crippen LogP contribution in [0.5, 0.6) is 0 Å². The fourth-order valence-electron chi connectivity index (χ4n) is 2.37. The molecule has 1 aromatic heterocycles. The third kappa shape index (κ3) is 2.76. The number of halogens is 1. The third-order valence-corrected chi connectivity index (χ3v) is 4.96. The van der Waals surface area contributed by atoms with Crippen molar-refractivity contribution in [2.45, 2.75) is 18.9 Å². The number of hydrogen-bond acceptors (Lipinski definition) is 3. The summed E-state index contributed by atoms with van der Waals surface area (Å²) in [5.41, 5.74) is 0. The van der Waals surface area contributed by atoms with E-state index in [0.29, 0.717) is 5.02 Å². The lowest BCUT2D eigenvalue weighted by atomic mass is 10.1. The minimum atomic E-state index is 0.00552. The first-order valence-corrected chi connectivity index (χ1v) is 7.63. The highest BCUT2D eigenvalue weighted by molar-refractivity contribution is 7.21. The van der Waals surface area contributed by atoms with Crippen LogP contribution in [0.25, 0.3) is 10.1 Å². The molecule has 19 heavy (non-hydrogen) atoms. The molecule has 3 nitrogen and oxygen atoms in total. The number of benzene rings is 1. The molecule has 0 bridgehead atoms. The maximum Gasteiger partial charge on any atom is 0.261 e. The van der Waals surface area contributed by atoms with E-state index >= 15 is 0 Å². The van der Waals surface area contributed by atoms with E-state index in [0.717, 1.165) is 40.9 Å². The van der Waals surface area contributed by atoms with Gasteiger partial charge in [0.05, 0.1) is 14.6 Å². The Labute approximate surface area is 121 Å². The zero-order valence-corrected chi connectivity index (χ0v) is 12.0. The van der Waals surface area contributed by atoms with E-state index in [4.69, 9.17) is 11.6 Å². The summed E-state index contributed by atoms with van der Waals surface area (Å²) >= 11 is 7.59. The van der Waals surface area contributed by atoms with Crippen LogP contribution in [0.3, 0.4) is 0 Å². The number of carbonyl (C=O) groups is 1. The number of nitrogens with one attached hydrogen (secondary N) is 2. The Morgan fingerprint density at radius 3 is 3.11 bits per heavy atom. The molecule has 1 fully saturated rings. The monoisotopic (exact) mass is 294 g/mol. The largest absolute Gasteiger partial charge is 0.347 e. The second-order valence-electron chi connectivity index (χ2n) is 4.79. The normalized spacial score (nSPS) is 19.5. The molecule has 1 saturated heterocycles. The van der Waals surface area contributed by atoms with Gasteiger partial charge in [-0.15, -0.1) is 11.3 Å². The summed E-state index contributed by atoms with van der Waals surface area (Å²) in [6.45, 7) is 1.91. The van der Waals surface area contributed by atoms with Gasteiger partial charge in [-0.25, -0.2) is 0 Å². The smallest absolute Gasteiger partial charge is 0.261 e. The molecule has 5 heteroatoms. The van der Waals surface area contributed by atoms with E-state index in [9.17, 15) is 4.79 Å². The molecule has 2 heterocycles. The highest BCUT2D eigenvalue weighted by atomic mass is 35.5. The molecule has 0 spiro atoms. The molecule has 3 rings (SSSR count). The van der Waals surface area contributed by atoms with Crippen molar-refractivity contribution in [1.82, 2.24) is 10.6 Å². The molecule has 0 aliphatic carbocycles. The van der Waals surface area contributed by atoms with Crippen molar-refractivity contribution in [3.63, 3.8) is 0 Å². The zero-order valence-electron chi connectivity index (χ0n) is 10.4. The van der Waals surface area contributed by atoms with Crippen molar-refractivity contribution in [1.29, 1.82) is 0 Å². The van der Waals surface area contributed by atoms with Gasteiger partial charge in [0.1, 0.15) is 0 Å². The average molecular weight is 295 g/mol. The Kier molecular flexibility index (Phi) is 3.73. The summed E-state index contributed by atoms with van der Waals surface area (Å²) in [6, 6.07) is 7.90. The number of fused-ring (bicyclic) bond motifs is 1. The Morgan fingerprint density at radius 1 is 1.47 bits per heavy atom. The molecule has 2 N–H and O–H groups in total. The standard InChI is InChI=1S/C14H15ClN2OS/c15-11-5-1-3-9-7-12(19-13(9)11)14(18)17-10-4-2-6-16-8-10/h1,3,5,7,10,16H,2,4,6,8H2,(H,17,18)/t10-/m1/s1. The maximum atomic E-state index is 12.2. The van der Waals surface area contributed by atoms with Gasteiger partial charge in [-0.05, 0) is 36.9 Å². The van der Waals surface area contributed by atoms with Crippen LogP contribution in [0.4, 0.5) is 0 Å². The Balaban J connectivity index is 1.79. The molecule has 1 atom stereocenters. The Bertz CT molecular complexity index is 605. The van der Waals surface area contributed by atoms with E-state index < -0.39 is 0 Å². The van der Waals surface area contributed by atoms with Gasteiger partial charge < -0.3 is 10.6 Å². The topological polar surface area (TPSA) is 41.1 Å². The van der Waals surface area contributed by atoms with E-state index in [-0.39, 0.29) is 11.9 Å². The van der Waals surface area contributed by atoms with Crippen LogP contribution in [0, 0.1) is 0 Å². The lowest BCUT2D eigenvalue weighted by molar-refractivity contribution is 0.0935. The number of carbonyl (C=O) groups excluding carboxylic acids is 1. The van der Waals surface area contributed by atoms with Crippen LogP contribution < -0.4 is 10.6 Å². The SMILES string of the molecule is O=C(N[C@@H]1CCCNC1)c1cc2cccc(Cl)c2s1. The first-order valence-electron chi connectivity index (χ1n) is 6.44. The molecule has 100 valence electrons. The van der Waals surface area contributed by atoms with Crippen LogP contribution in [0.1, 0.15) is 22.5 Å². The van der Waals surface area contributed by atoms with E-state index in [2.05, 4.69) is 10.6 Å². The number of amides is 1. The zero-order chi connectivity index (χ0) is 13.2. The molecule has 2 aromatic rings. The van der Waals surface area contributed by atoms with Crippen LogP contribution >= 0.6 is 22.9 Å². The second kappa shape index (κ2) is 5.49. The Hall–Kier alpha value is -1.10. The van der Waals surface area contributed by atoms with Gasteiger partial charge >= 0.3 is 0 Å². The summed E-state index contributed by atoms with van der Waals surface area (Å²) in [6.07, 6.45) is 2.16. The quantitative estimate of drug-likeness (QED) is 0.894. The van der Waals surface area contributed by atoms with Gasteiger partial charge in [0.15, 0.2) is 0 Å². The summed E-state index contributed by atoms with van der Waals surface area (Å²) in [5.74, 6) is 0.00552. The van der Waals surface area contributed by atoms with Crippen molar-refractivity contribution in [2.75, 3.05) is 13.1 Å². The predicted molar refractivity (Wildman–Crippen MR) is 80.2 cm³/mol. The van der Waals surface area contributed by atoms with E-state index in [1.165, 1.54) is 11.3 Å². The third-order valence-electron chi connectivity index (χ3n) is 3.35. The highest BCUT2D eigenvalue weighted by Crippen LogP contribution is 2.31. The molecule has 1 aliphatic rings. The maximum absolute atomic E-state index is 12.2. The molecule has 1 aliphatic heterocycles. The molecule has 0 unspecified atom stereocenters. The summed E-state index contributed by atoms with van der Waals surface area (Å²) in [7, 11) is 0. The lowest BCUT2D eigenvalue weighted by Gasteiger charge is -2.23. The average Bonchev–Trinajstić information content (AvgIpc) is 2.85. The van der Waals surface area contributed by atoms with Gasteiger partial charge in [0, 0.05) is 12.6 Å². The van der Waals surface area contributed by atoms with Crippen molar-refractivity contribution >= 4 is 38.9 Å². The van der Waals surface area contributed by atoms with Crippen molar-refractivity contribution < 1.29 is 4.79 Å². The van der Waals surface area contributed by atoms with Crippen molar-refractivity contribution in [3.05, 3.63) is 34.2 Å². The molecule has 0 saturated carbocycles. The van der Waals surface area contributed by atoms with Crippen LogP contribution in [0.15, 0.2) is 24.3 Å². The van der Waals surface area contributed by atoms with Crippen LogP contribution in [-0.2, 0) is 0 Å². The fourth-order valence-corrected chi connectivity index (χ4v) is 3.64. The predicted octanol–water partition coefficient (Wildman–Crippen LogP) is 3.04. The van der Waals surface area contributed by atoms with E-state index in [1.54, 1.807) is 0 Å². The summed E-state index contributed by atoms with van der Waals surface area (Å²) in [5, 5.41) is 8.12. The van der Waals surface area contributed by atoms with Crippen LogP contribution in [-0.4, -0.2) is 25.0 Å². The van der Waals surface area contributed by atoms with Gasteiger partial charge in [-0.2, -0.15) is 0 Å². The number of piperidine rings is 1. The molecule has 1 aromatic carbocycles. The van der Waals surface area contributed by atoms with Crippen molar-refractivity contribution in [3.8, 4) is 0 Å². The Morgan fingerprint density at radius 2 is 2.37 bits per heavy atom. The highest BCUT2D eigenvalue weighted by Gasteiger charge is 2.18. The minimum Gasteiger partial charge on any atom is -0.347 e. The summed E-state index contributed by atoms with van der Waals surface area (Å²) < 4.78 is 0.982.